The molecule has 2 aromatic rings. The molecule has 9 heteroatoms. The number of nitro groups is 1. The van der Waals surface area contributed by atoms with Gasteiger partial charge in [0.1, 0.15) is 4.92 Å². The molecular formula is C14H10FNO7. The molecule has 0 unspecified atom stereocenters. The number of methoxy groups -OCH3 is 1. The summed E-state index contributed by atoms with van der Waals surface area (Å²) in [5, 5.41) is 10.4. The van der Waals surface area contributed by atoms with Crippen LogP contribution in [-0.2, 0) is 4.74 Å². The fourth-order valence-electron chi connectivity index (χ4n) is 1.66. The van der Waals surface area contributed by atoms with E-state index < -0.39 is 40.7 Å². The zero-order valence-corrected chi connectivity index (χ0v) is 11.8. The summed E-state index contributed by atoms with van der Waals surface area (Å²) in [5.41, 5.74) is -0.0125. The summed E-state index contributed by atoms with van der Waals surface area (Å²) in [5.74, 6) is -3.49. The van der Waals surface area contributed by atoms with E-state index in [9.17, 15) is 24.1 Å². The monoisotopic (exact) mass is 323 g/mol. The average Bonchev–Trinajstić information content (AvgIpc) is 3.02. The van der Waals surface area contributed by atoms with Crippen molar-refractivity contribution in [3.8, 4) is 5.75 Å². The summed E-state index contributed by atoms with van der Waals surface area (Å²) >= 11 is 0. The van der Waals surface area contributed by atoms with Gasteiger partial charge in [0.05, 0.1) is 13.2 Å². The number of carbonyl (C=O) groups excluding carboxylic acids is 2. The summed E-state index contributed by atoms with van der Waals surface area (Å²) in [6, 6.07) is 5.57. The molecule has 0 radical (unpaired) electrons. The number of ketones is 1. The molecule has 0 amide bonds. The molecule has 0 N–H and O–H groups in total. The molecule has 0 atom stereocenters. The van der Waals surface area contributed by atoms with Gasteiger partial charge in [0, 0.05) is 5.56 Å². The van der Waals surface area contributed by atoms with Crippen molar-refractivity contribution in [1.82, 2.24) is 0 Å². The number of nitrogens with zero attached hydrogens (tertiary/aromatic N) is 1. The van der Waals surface area contributed by atoms with E-state index in [1.807, 2.05) is 0 Å². The molecule has 0 aliphatic carbocycles. The molecule has 23 heavy (non-hydrogen) atoms. The molecule has 0 spiro atoms. The van der Waals surface area contributed by atoms with Crippen LogP contribution in [0.25, 0.3) is 0 Å². The predicted molar refractivity (Wildman–Crippen MR) is 72.9 cm³/mol. The second-order valence-electron chi connectivity index (χ2n) is 4.24. The highest BCUT2D eigenvalue weighted by atomic mass is 19.1. The fraction of sp³-hybridized carbons (Fsp3) is 0.143. The molecule has 0 saturated carbocycles. The van der Waals surface area contributed by atoms with E-state index >= 15 is 0 Å². The van der Waals surface area contributed by atoms with Gasteiger partial charge in [-0.2, -0.15) is 0 Å². The Kier molecular flexibility index (Phi) is 4.69. The van der Waals surface area contributed by atoms with Gasteiger partial charge in [0.15, 0.2) is 24.0 Å². The Labute approximate surface area is 128 Å². The molecule has 0 aliphatic heterocycles. The Morgan fingerprint density at radius 2 is 2.04 bits per heavy atom. The Morgan fingerprint density at radius 1 is 1.30 bits per heavy atom. The molecule has 0 bridgehead atoms. The van der Waals surface area contributed by atoms with Gasteiger partial charge < -0.3 is 13.9 Å². The second-order valence-corrected chi connectivity index (χ2v) is 4.24. The molecule has 0 saturated heterocycles. The highest BCUT2D eigenvalue weighted by Crippen LogP contribution is 2.19. The molecule has 0 aliphatic rings. The number of carbonyl (C=O) groups is 2. The number of Topliss-reactive ketones (excluding diaryl/α,β-unsaturated/α-hetero) is 1. The molecule has 1 aromatic heterocycles. The van der Waals surface area contributed by atoms with Crippen LogP contribution in [0.4, 0.5) is 10.3 Å². The van der Waals surface area contributed by atoms with Crippen LogP contribution in [0.1, 0.15) is 20.9 Å². The van der Waals surface area contributed by atoms with Crippen molar-refractivity contribution < 1.29 is 32.8 Å². The van der Waals surface area contributed by atoms with E-state index in [1.165, 1.54) is 19.2 Å². The minimum absolute atomic E-state index is 0.0125. The molecule has 1 aromatic carbocycles. The first kappa shape index (κ1) is 16.1. The number of ether oxygens (including phenoxy) is 2. The van der Waals surface area contributed by atoms with Gasteiger partial charge in [-0.05, 0) is 24.3 Å². The summed E-state index contributed by atoms with van der Waals surface area (Å²) in [6.07, 6.45) is 0. The largest absolute Gasteiger partial charge is 0.494 e. The van der Waals surface area contributed by atoms with E-state index in [0.717, 1.165) is 18.2 Å². The van der Waals surface area contributed by atoms with Gasteiger partial charge in [0.2, 0.25) is 5.76 Å². The summed E-state index contributed by atoms with van der Waals surface area (Å²) < 4.78 is 27.5. The van der Waals surface area contributed by atoms with Crippen LogP contribution in [0.5, 0.6) is 5.75 Å². The van der Waals surface area contributed by atoms with Crippen molar-refractivity contribution in [2.45, 2.75) is 0 Å². The maximum atomic E-state index is 13.5. The summed E-state index contributed by atoms with van der Waals surface area (Å²) in [4.78, 5) is 33.0. The van der Waals surface area contributed by atoms with Crippen molar-refractivity contribution in [3.05, 3.63) is 57.6 Å². The third kappa shape index (κ3) is 3.70. The Morgan fingerprint density at radius 3 is 2.61 bits per heavy atom. The van der Waals surface area contributed by atoms with Crippen molar-refractivity contribution in [2.24, 2.45) is 0 Å². The number of benzene rings is 1. The lowest BCUT2D eigenvalue weighted by molar-refractivity contribution is -0.402. The molecule has 1 heterocycles. The zero-order chi connectivity index (χ0) is 17.0. The van der Waals surface area contributed by atoms with Crippen LogP contribution in [0.15, 0.2) is 34.7 Å². The van der Waals surface area contributed by atoms with Crippen molar-refractivity contribution in [2.75, 3.05) is 13.7 Å². The first-order valence-corrected chi connectivity index (χ1v) is 6.20. The van der Waals surface area contributed by atoms with E-state index in [1.54, 1.807) is 0 Å². The lowest BCUT2D eigenvalue weighted by Gasteiger charge is -2.05. The standard InChI is InChI=1S/C14H10FNO7/c1-21-11-3-2-8(6-9(11)15)10(17)7-22-14(18)12-4-5-13(23-12)16(19)20/h2-6H,7H2,1H3. The highest BCUT2D eigenvalue weighted by Gasteiger charge is 2.20. The van der Waals surface area contributed by atoms with Crippen LogP contribution in [0.2, 0.25) is 0 Å². The minimum atomic E-state index is -1.04. The van der Waals surface area contributed by atoms with E-state index in [4.69, 9.17) is 4.74 Å². The Balaban J connectivity index is 1.99. The molecule has 8 nitrogen and oxygen atoms in total. The highest BCUT2D eigenvalue weighted by molar-refractivity contribution is 5.99. The van der Waals surface area contributed by atoms with Crippen LogP contribution in [-0.4, -0.2) is 30.4 Å². The number of hydrogen-bond acceptors (Lipinski definition) is 7. The number of halogens is 1. The van der Waals surface area contributed by atoms with Crippen LogP contribution >= 0.6 is 0 Å². The maximum Gasteiger partial charge on any atom is 0.433 e. The number of hydrogen-bond donors (Lipinski definition) is 0. The second kappa shape index (κ2) is 6.69. The van der Waals surface area contributed by atoms with Crippen molar-refractivity contribution in [1.29, 1.82) is 0 Å². The molecular weight excluding hydrogens is 313 g/mol. The van der Waals surface area contributed by atoms with Crippen LogP contribution in [0.3, 0.4) is 0 Å². The smallest absolute Gasteiger partial charge is 0.433 e. The molecule has 120 valence electrons. The Bertz CT molecular complexity index is 768. The quantitative estimate of drug-likeness (QED) is 0.347. The predicted octanol–water partition coefficient (Wildman–Crippen LogP) is 2.38. The summed E-state index contributed by atoms with van der Waals surface area (Å²) in [6.45, 7) is -0.668. The number of rotatable bonds is 6. The van der Waals surface area contributed by atoms with Crippen LogP contribution in [0, 0.1) is 15.9 Å². The first-order valence-electron chi connectivity index (χ1n) is 6.20. The van der Waals surface area contributed by atoms with Gasteiger partial charge in [-0.15, -0.1) is 0 Å². The lowest BCUT2D eigenvalue weighted by Crippen LogP contribution is -2.14. The third-order valence-electron chi connectivity index (χ3n) is 2.78. The minimum Gasteiger partial charge on any atom is -0.494 e. The number of furan rings is 1. The normalized spacial score (nSPS) is 10.2. The average molecular weight is 323 g/mol. The lowest BCUT2D eigenvalue weighted by atomic mass is 10.1. The van der Waals surface area contributed by atoms with Crippen LogP contribution < -0.4 is 4.74 Å². The summed E-state index contributed by atoms with van der Waals surface area (Å²) in [7, 11) is 1.28. The molecule has 2 rings (SSSR count). The van der Waals surface area contributed by atoms with Crippen molar-refractivity contribution in [3.63, 3.8) is 0 Å². The van der Waals surface area contributed by atoms with E-state index in [0.29, 0.717) is 0 Å². The van der Waals surface area contributed by atoms with Gasteiger partial charge in [0.25, 0.3) is 0 Å². The van der Waals surface area contributed by atoms with Gasteiger partial charge in [-0.25, -0.2) is 9.18 Å². The van der Waals surface area contributed by atoms with Gasteiger partial charge >= 0.3 is 11.9 Å². The van der Waals surface area contributed by atoms with E-state index in [-0.39, 0.29) is 11.3 Å². The Hall–Kier alpha value is -3.23. The van der Waals surface area contributed by atoms with Gasteiger partial charge in [-0.3, -0.25) is 14.9 Å². The molecule has 0 fully saturated rings. The fourth-order valence-corrected chi connectivity index (χ4v) is 1.66. The zero-order valence-electron chi connectivity index (χ0n) is 11.8. The van der Waals surface area contributed by atoms with Crippen molar-refractivity contribution >= 4 is 17.6 Å². The van der Waals surface area contributed by atoms with E-state index in [2.05, 4.69) is 9.15 Å². The number of esters is 1. The maximum absolute atomic E-state index is 13.5. The topological polar surface area (TPSA) is 109 Å². The SMILES string of the molecule is COc1ccc(C(=O)COC(=O)c2ccc([N+](=O)[O-])o2)cc1F. The third-order valence-corrected chi connectivity index (χ3v) is 2.78. The first-order chi connectivity index (χ1) is 10.9. The van der Waals surface area contributed by atoms with Gasteiger partial charge in [-0.1, -0.05) is 0 Å².